The Hall–Kier alpha value is -1.76. The zero-order valence-corrected chi connectivity index (χ0v) is 11.9. The third-order valence-corrected chi connectivity index (χ3v) is 2.97. The molecule has 21 heavy (non-hydrogen) atoms. The number of carbonyl (C=O) groups is 1. The van der Waals surface area contributed by atoms with E-state index in [0.29, 0.717) is 5.56 Å². The van der Waals surface area contributed by atoms with E-state index >= 15 is 0 Å². The Morgan fingerprint density at radius 1 is 1.38 bits per heavy atom. The van der Waals surface area contributed by atoms with Gasteiger partial charge in [-0.15, -0.1) is 0 Å². The summed E-state index contributed by atoms with van der Waals surface area (Å²) in [6, 6.07) is 5.88. The average Bonchev–Trinajstić information content (AvgIpc) is 2.41. The van der Waals surface area contributed by atoms with E-state index in [2.05, 4.69) is 10.1 Å². The van der Waals surface area contributed by atoms with Gasteiger partial charge in [-0.1, -0.05) is 19.1 Å². The summed E-state index contributed by atoms with van der Waals surface area (Å²) in [5, 5.41) is 2.68. The fourth-order valence-corrected chi connectivity index (χ4v) is 1.50. The molecule has 0 spiro atoms. The third kappa shape index (κ3) is 6.48. The van der Waals surface area contributed by atoms with Gasteiger partial charge in [0.15, 0.2) is 6.61 Å². The highest BCUT2D eigenvalue weighted by molar-refractivity contribution is 5.78. The predicted octanol–water partition coefficient (Wildman–Crippen LogP) is 2.23. The van der Waals surface area contributed by atoms with Gasteiger partial charge < -0.3 is 15.8 Å². The van der Waals surface area contributed by atoms with Crippen LogP contribution >= 0.6 is 0 Å². The van der Waals surface area contributed by atoms with Gasteiger partial charge in [0.2, 0.25) is 5.91 Å². The van der Waals surface area contributed by atoms with Crippen LogP contribution in [0.4, 0.5) is 13.2 Å². The van der Waals surface area contributed by atoms with Gasteiger partial charge in [0.05, 0.1) is 0 Å². The highest BCUT2D eigenvalue weighted by Gasteiger charge is 2.28. The fraction of sp³-hybridized carbons (Fsp3) is 0.500. The normalized spacial score (nSPS) is 14.4. The van der Waals surface area contributed by atoms with Gasteiger partial charge in [-0.2, -0.15) is 13.2 Å². The van der Waals surface area contributed by atoms with E-state index < -0.39 is 12.8 Å². The van der Waals surface area contributed by atoms with E-state index in [1.165, 1.54) is 12.1 Å². The Balaban J connectivity index is 2.55. The molecule has 0 fully saturated rings. The molecule has 0 aliphatic carbocycles. The van der Waals surface area contributed by atoms with Crippen molar-refractivity contribution in [3.63, 3.8) is 0 Å². The quantitative estimate of drug-likeness (QED) is 0.847. The molecule has 1 aromatic carbocycles. The largest absolute Gasteiger partial charge is 0.484 e. The molecular weight excluding hydrogens is 285 g/mol. The van der Waals surface area contributed by atoms with E-state index in [1.54, 1.807) is 26.0 Å². The summed E-state index contributed by atoms with van der Waals surface area (Å²) in [7, 11) is 0. The van der Waals surface area contributed by atoms with Gasteiger partial charge in [0.25, 0.3) is 0 Å². The molecule has 118 valence electrons. The molecule has 0 saturated heterocycles. The number of rotatable bonds is 6. The minimum atomic E-state index is -4.38. The standard InChI is InChI=1S/C14H19F3N2O2/c1-9(10(2)18)13(20)19-7-11-4-3-5-12(6-11)21-8-14(15,16)17/h3-6,9-10H,7-8,18H2,1-2H3,(H,19,20). The summed E-state index contributed by atoms with van der Waals surface area (Å²) in [6.07, 6.45) is -4.38. The molecule has 4 nitrogen and oxygen atoms in total. The van der Waals surface area contributed by atoms with Crippen molar-refractivity contribution < 1.29 is 22.7 Å². The molecule has 0 saturated carbocycles. The van der Waals surface area contributed by atoms with E-state index in [0.717, 1.165) is 0 Å². The van der Waals surface area contributed by atoms with Crippen molar-refractivity contribution in [2.75, 3.05) is 6.61 Å². The van der Waals surface area contributed by atoms with E-state index in [4.69, 9.17) is 5.73 Å². The summed E-state index contributed by atoms with van der Waals surface area (Å²) in [6.45, 7) is 2.31. The summed E-state index contributed by atoms with van der Waals surface area (Å²) in [5.74, 6) is -0.430. The van der Waals surface area contributed by atoms with Gasteiger partial charge in [0, 0.05) is 18.5 Å². The first-order chi connectivity index (χ1) is 9.69. The summed E-state index contributed by atoms with van der Waals surface area (Å²) < 4.78 is 40.8. The van der Waals surface area contributed by atoms with E-state index in [9.17, 15) is 18.0 Å². The van der Waals surface area contributed by atoms with Crippen LogP contribution in [0.1, 0.15) is 19.4 Å². The number of ether oxygens (including phenoxy) is 1. The maximum Gasteiger partial charge on any atom is 0.422 e. The molecule has 0 aliphatic heterocycles. The number of alkyl halides is 3. The van der Waals surface area contributed by atoms with Gasteiger partial charge >= 0.3 is 6.18 Å². The Morgan fingerprint density at radius 2 is 2.05 bits per heavy atom. The van der Waals surface area contributed by atoms with Crippen molar-refractivity contribution in [1.29, 1.82) is 0 Å². The number of nitrogens with one attached hydrogen (secondary N) is 1. The SMILES string of the molecule is CC(N)C(C)C(=O)NCc1cccc(OCC(F)(F)F)c1. The molecule has 2 atom stereocenters. The molecule has 0 aliphatic rings. The predicted molar refractivity (Wildman–Crippen MR) is 72.7 cm³/mol. The second-order valence-corrected chi connectivity index (χ2v) is 4.92. The number of amides is 1. The van der Waals surface area contributed by atoms with Crippen LogP contribution in [0.2, 0.25) is 0 Å². The van der Waals surface area contributed by atoms with Gasteiger partial charge in [-0.05, 0) is 24.6 Å². The number of nitrogens with two attached hydrogens (primary N) is 1. The zero-order valence-electron chi connectivity index (χ0n) is 11.9. The van der Waals surface area contributed by atoms with Crippen LogP contribution < -0.4 is 15.8 Å². The van der Waals surface area contributed by atoms with Crippen LogP contribution in [0.25, 0.3) is 0 Å². The van der Waals surface area contributed by atoms with Crippen LogP contribution in [-0.4, -0.2) is 24.7 Å². The second-order valence-electron chi connectivity index (χ2n) is 4.92. The highest BCUT2D eigenvalue weighted by Crippen LogP contribution is 2.19. The van der Waals surface area contributed by atoms with Crippen LogP contribution in [0.3, 0.4) is 0 Å². The molecule has 3 N–H and O–H groups in total. The summed E-state index contributed by atoms with van der Waals surface area (Å²) >= 11 is 0. The fourth-order valence-electron chi connectivity index (χ4n) is 1.50. The first-order valence-electron chi connectivity index (χ1n) is 6.51. The molecule has 0 heterocycles. The molecule has 2 unspecified atom stereocenters. The molecule has 0 aromatic heterocycles. The van der Waals surface area contributed by atoms with Gasteiger partial charge in [0.1, 0.15) is 5.75 Å². The minimum absolute atomic E-state index is 0.110. The second kappa shape index (κ2) is 7.31. The molecule has 7 heteroatoms. The Morgan fingerprint density at radius 3 is 2.62 bits per heavy atom. The third-order valence-electron chi connectivity index (χ3n) is 2.97. The molecule has 0 radical (unpaired) electrons. The number of hydrogen-bond donors (Lipinski definition) is 2. The van der Waals surface area contributed by atoms with Crippen LogP contribution in [0, 0.1) is 5.92 Å². The first-order valence-corrected chi connectivity index (χ1v) is 6.51. The van der Waals surface area contributed by atoms with Gasteiger partial charge in [-0.3, -0.25) is 4.79 Å². The summed E-state index contributed by atoms with van der Waals surface area (Å²) in [4.78, 5) is 11.7. The van der Waals surface area contributed by atoms with Crippen LogP contribution in [0.5, 0.6) is 5.75 Å². The Labute approximate surface area is 121 Å². The number of halogens is 3. The lowest BCUT2D eigenvalue weighted by atomic mass is 10.0. The van der Waals surface area contributed by atoms with Crippen molar-refractivity contribution in [3.05, 3.63) is 29.8 Å². The average molecular weight is 304 g/mol. The van der Waals surface area contributed by atoms with Crippen molar-refractivity contribution in [1.82, 2.24) is 5.32 Å². The lowest BCUT2D eigenvalue weighted by Crippen LogP contribution is -2.38. The molecular formula is C14H19F3N2O2. The zero-order chi connectivity index (χ0) is 16.0. The van der Waals surface area contributed by atoms with E-state index in [-0.39, 0.29) is 30.2 Å². The Kier molecular flexibility index (Phi) is 6.02. The minimum Gasteiger partial charge on any atom is -0.484 e. The maximum atomic E-state index is 12.1. The van der Waals surface area contributed by atoms with Crippen molar-refractivity contribution in [2.24, 2.45) is 11.7 Å². The van der Waals surface area contributed by atoms with Crippen LogP contribution in [-0.2, 0) is 11.3 Å². The monoisotopic (exact) mass is 304 g/mol. The van der Waals surface area contributed by atoms with Gasteiger partial charge in [-0.25, -0.2) is 0 Å². The maximum absolute atomic E-state index is 12.1. The smallest absolute Gasteiger partial charge is 0.422 e. The lowest BCUT2D eigenvalue weighted by molar-refractivity contribution is -0.153. The number of carbonyl (C=O) groups excluding carboxylic acids is 1. The van der Waals surface area contributed by atoms with E-state index in [1.807, 2.05) is 0 Å². The van der Waals surface area contributed by atoms with Crippen LogP contribution in [0.15, 0.2) is 24.3 Å². The molecule has 0 bridgehead atoms. The van der Waals surface area contributed by atoms with Crippen molar-refractivity contribution >= 4 is 5.91 Å². The topological polar surface area (TPSA) is 64.4 Å². The molecule has 1 rings (SSSR count). The first kappa shape index (κ1) is 17.3. The van der Waals surface area contributed by atoms with Crippen molar-refractivity contribution in [2.45, 2.75) is 32.6 Å². The highest BCUT2D eigenvalue weighted by atomic mass is 19.4. The Bertz CT molecular complexity index is 476. The molecule has 1 amide bonds. The number of benzene rings is 1. The lowest BCUT2D eigenvalue weighted by Gasteiger charge is -2.15. The molecule has 1 aromatic rings. The number of hydrogen-bond acceptors (Lipinski definition) is 3. The van der Waals surface area contributed by atoms with Crippen molar-refractivity contribution in [3.8, 4) is 5.75 Å². The summed E-state index contributed by atoms with van der Waals surface area (Å²) in [5.41, 5.74) is 6.28.